The summed E-state index contributed by atoms with van der Waals surface area (Å²) in [4.78, 5) is 0.376. The highest BCUT2D eigenvalue weighted by Crippen LogP contribution is 2.32. The largest absolute Gasteiger partial charge is 0.243 e. The lowest BCUT2D eigenvalue weighted by Crippen LogP contribution is -2.50. The van der Waals surface area contributed by atoms with Crippen LogP contribution in [0.15, 0.2) is 33.6 Å². The topological polar surface area (TPSA) is 37.4 Å². The maximum atomic E-state index is 12.6. The van der Waals surface area contributed by atoms with Crippen LogP contribution in [0.25, 0.3) is 0 Å². The summed E-state index contributed by atoms with van der Waals surface area (Å²) in [5.74, 6) is 0. The van der Waals surface area contributed by atoms with Crippen LogP contribution in [0.1, 0.15) is 33.1 Å². The first-order valence-corrected chi connectivity index (χ1v) is 8.36. The van der Waals surface area contributed by atoms with Crippen molar-refractivity contribution in [2.45, 2.75) is 43.5 Å². The van der Waals surface area contributed by atoms with Crippen LogP contribution in [0.4, 0.5) is 0 Å². The van der Waals surface area contributed by atoms with E-state index in [0.717, 1.165) is 23.7 Å². The third kappa shape index (κ3) is 2.63. The van der Waals surface area contributed by atoms with Crippen LogP contribution in [0.2, 0.25) is 0 Å². The van der Waals surface area contributed by atoms with Crippen LogP contribution >= 0.6 is 15.9 Å². The quantitative estimate of drug-likeness (QED) is 0.832. The summed E-state index contributed by atoms with van der Waals surface area (Å²) in [5, 5.41) is 0. The lowest BCUT2D eigenvalue weighted by atomic mass is 9.93. The van der Waals surface area contributed by atoms with Crippen LogP contribution < -0.4 is 0 Å². The molecule has 1 aliphatic rings. The molecule has 1 aromatic rings. The van der Waals surface area contributed by atoms with Gasteiger partial charge in [-0.3, -0.25) is 0 Å². The molecule has 0 unspecified atom stereocenters. The smallest absolute Gasteiger partial charge is 0.207 e. The summed E-state index contributed by atoms with van der Waals surface area (Å²) >= 11 is 3.32. The van der Waals surface area contributed by atoms with Crippen molar-refractivity contribution in [1.82, 2.24) is 4.31 Å². The van der Waals surface area contributed by atoms with Gasteiger partial charge in [-0.15, -0.1) is 0 Å². The van der Waals surface area contributed by atoms with Gasteiger partial charge in [-0.2, -0.15) is 4.31 Å². The predicted molar refractivity (Wildman–Crippen MR) is 76.0 cm³/mol. The fraction of sp³-hybridized carbons (Fsp3) is 0.538. The highest BCUT2D eigenvalue weighted by molar-refractivity contribution is 9.10. The Morgan fingerprint density at radius 1 is 1.17 bits per heavy atom. The van der Waals surface area contributed by atoms with Crippen LogP contribution in [-0.2, 0) is 10.0 Å². The zero-order valence-corrected chi connectivity index (χ0v) is 13.1. The minimum absolute atomic E-state index is 0.288. The molecule has 1 aromatic carbocycles. The van der Waals surface area contributed by atoms with Crippen LogP contribution in [0.3, 0.4) is 0 Å². The summed E-state index contributed by atoms with van der Waals surface area (Å²) in [6.07, 6.45) is 2.96. The van der Waals surface area contributed by atoms with E-state index in [1.165, 1.54) is 0 Å². The van der Waals surface area contributed by atoms with E-state index in [9.17, 15) is 8.42 Å². The van der Waals surface area contributed by atoms with E-state index in [1.807, 2.05) is 13.8 Å². The first-order valence-electron chi connectivity index (χ1n) is 6.12. The lowest BCUT2D eigenvalue weighted by molar-refractivity contribution is 0.170. The average Bonchev–Trinajstić information content (AvgIpc) is 2.28. The zero-order valence-electron chi connectivity index (χ0n) is 10.7. The fourth-order valence-corrected chi connectivity index (χ4v) is 4.53. The van der Waals surface area contributed by atoms with Gasteiger partial charge in [-0.05, 0) is 51.0 Å². The number of halogens is 1. The van der Waals surface area contributed by atoms with Gasteiger partial charge in [0, 0.05) is 16.6 Å². The summed E-state index contributed by atoms with van der Waals surface area (Å²) in [7, 11) is -3.37. The Kier molecular flexibility index (Phi) is 3.85. The maximum absolute atomic E-state index is 12.6. The van der Waals surface area contributed by atoms with E-state index in [-0.39, 0.29) is 5.54 Å². The minimum atomic E-state index is -3.37. The zero-order chi connectivity index (χ0) is 13.4. The van der Waals surface area contributed by atoms with Gasteiger partial charge in [0.05, 0.1) is 4.90 Å². The number of sulfonamides is 1. The molecule has 0 radical (unpaired) electrons. The second kappa shape index (κ2) is 4.94. The van der Waals surface area contributed by atoms with Gasteiger partial charge < -0.3 is 0 Å². The van der Waals surface area contributed by atoms with Crippen LogP contribution in [0.5, 0.6) is 0 Å². The molecule has 0 aromatic heterocycles. The summed E-state index contributed by atoms with van der Waals surface area (Å²) in [6.45, 7) is 4.62. The number of hydrogen-bond acceptors (Lipinski definition) is 2. The van der Waals surface area contributed by atoms with Crippen molar-refractivity contribution in [2.24, 2.45) is 0 Å². The highest BCUT2D eigenvalue weighted by atomic mass is 79.9. The van der Waals surface area contributed by atoms with Gasteiger partial charge in [0.1, 0.15) is 0 Å². The number of benzene rings is 1. The van der Waals surface area contributed by atoms with E-state index >= 15 is 0 Å². The van der Waals surface area contributed by atoms with E-state index in [2.05, 4.69) is 15.9 Å². The minimum Gasteiger partial charge on any atom is -0.207 e. The van der Waals surface area contributed by atoms with Crippen molar-refractivity contribution < 1.29 is 8.42 Å². The molecule has 0 bridgehead atoms. The molecule has 3 nitrogen and oxygen atoms in total. The van der Waals surface area contributed by atoms with Gasteiger partial charge in [0.2, 0.25) is 10.0 Å². The maximum Gasteiger partial charge on any atom is 0.243 e. The number of nitrogens with zero attached hydrogens (tertiary/aromatic N) is 1. The van der Waals surface area contributed by atoms with Crippen molar-refractivity contribution in [1.29, 1.82) is 0 Å². The third-order valence-electron chi connectivity index (χ3n) is 3.48. The molecular formula is C13H18BrNO2S. The molecule has 1 fully saturated rings. The summed E-state index contributed by atoms with van der Waals surface area (Å²) in [6, 6.07) is 6.85. The van der Waals surface area contributed by atoms with E-state index < -0.39 is 10.0 Å². The van der Waals surface area contributed by atoms with Crippen molar-refractivity contribution in [3.05, 3.63) is 28.7 Å². The van der Waals surface area contributed by atoms with Crippen LogP contribution in [0, 0.1) is 0 Å². The van der Waals surface area contributed by atoms with Gasteiger partial charge in [0.25, 0.3) is 0 Å². The van der Waals surface area contributed by atoms with Crippen LogP contribution in [-0.4, -0.2) is 24.8 Å². The molecule has 0 saturated carbocycles. The number of hydrogen-bond donors (Lipinski definition) is 0. The Morgan fingerprint density at radius 2 is 1.78 bits per heavy atom. The molecule has 0 N–H and O–H groups in total. The predicted octanol–water partition coefficient (Wildman–Crippen LogP) is 3.40. The molecule has 100 valence electrons. The SMILES string of the molecule is CC1(C)CCCCN1S(=O)(=O)c1ccc(Br)cc1. The average molecular weight is 332 g/mol. The molecular weight excluding hydrogens is 314 g/mol. The first kappa shape index (κ1) is 14.0. The van der Waals surface area contributed by atoms with Crippen molar-refractivity contribution >= 4 is 26.0 Å². The highest BCUT2D eigenvalue weighted by Gasteiger charge is 2.38. The molecule has 0 amide bonds. The van der Waals surface area contributed by atoms with Gasteiger partial charge >= 0.3 is 0 Å². The van der Waals surface area contributed by atoms with E-state index in [1.54, 1.807) is 28.6 Å². The molecule has 1 aliphatic heterocycles. The molecule has 0 spiro atoms. The summed E-state index contributed by atoms with van der Waals surface area (Å²) in [5.41, 5.74) is -0.288. The molecule has 0 aliphatic carbocycles. The standard InChI is InChI=1S/C13H18BrNO2S/c1-13(2)9-3-4-10-15(13)18(16,17)12-7-5-11(14)6-8-12/h5-8H,3-4,9-10H2,1-2H3. The third-order valence-corrected chi connectivity index (χ3v) is 6.13. The van der Waals surface area contributed by atoms with Gasteiger partial charge in [0.15, 0.2) is 0 Å². The van der Waals surface area contributed by atoms with Crippen molar-refractivity contribution in [3.8, 4) is 0 Å². The molecule has 2 rings (SSSR count). The molecule has 0 atom stereocenters. The molecule has 18 heavy (non-hydrogen) atoms. The second-order valence-corrected chi connectivity index (χ2v) is 8.08. The first-order chi connectivity index (χ1) is 8.34. The normalized spacial score (nSPS) is 20.8. The second-order valence-electron chi connectivity index (χ2n) is 5.30. The van der Waals surface area contributed by atoms with Gasteiger partial charge in [-0.25, -0.2) is 8.42 Å². The Balaban J connectivity index is 2.38. The number of rotatable bonds is 2. The number of piperidine rings is 1. The van der Waals surface area contributed by atoms with E-state index in [0.29, 0.717) is 11.4 Å². The van der Waals surface area contributed by atoms with Crippen molar-refractivity contribution in [2.75, 3.05) is 6.54 Å². The van der Waals surface area contributed by atoms with E-state index in [4.69, 9.17) is 0 Å². The molecule has 1 saturated heterocycles. The fourth-order valence-electron chi connectivity index (χ4n) is 2.42. The van der Waals surface area contributed by atoms with Crippen molar-refractivity contribution in [3.63, 3.8) is 0 Å². The Hall–Kier alpha value is -0.390. The Labute approximate surface area is 117 Å². The summed E-state index contributed by atoms with van der Waals surface area (Å²) < 4.78 is 27.8. The molecule has 1 heterocycles. The molecule has 5 heteroatoms. The Morgan fingerprint density at radius 3 is 2.33 bits per heavy atom. The Bertz CT molecular complexity index is 522. The lowest BCUT2D eigenvalue weighted by Gasteiger charge is -2.41. The monoisotopic (exact) mass is 331 g/mol. The van der Waals surface area contributed by atoms with Gasteiger partial charge in [-0.1, -0.05) is 22.4 Å².